The third-order valence-electron chi connectivity index (χ3n) is 4.17. The van der Waals surface area contributed by atoms with Crippen molar-refractivity contribution in [2.24, 2.45) is 0 Å². The van der Waals surface area contributed by atoms with E-state index in [1.54, 1.807) is 18.3 Å². The molecule has 0 bridgehead atoms. The molecule has 0 amide bonds. The van der Waals surface area contributed by atoms with Crippen LogP contribution in [0.1, 0.15) is 16.7 Å². The summed E-state index contributed by atoms with van der Waals surface area (Å²) in [5.41, 5.74) is 5.18. The molecule has 0 saturated heterocycles. The number of aromatic amines is 1. The quantitative estimate of drug-likeness (QED) is 0.589. The van der Waals surface area contributed by atoms with E-state index in [9.17, 15) is 10.1 Å². The number of ether oxygens (including phenoxy) is 1. The van der Waals surface area contributed by atoms with Gasteiger partial charge in [-0.3, -0.25) is 15.2 Å². The average molecular weight is 321 g/mol. The first-order valence-corrected chi connectivity index (χ1v) is 7.72. The second-order valence-electron chi connectivity index (χ2n) is 5.82. The molecule has 0 saturated carbocycles. The van der Waals surface area contributed by atoms with Crippen molar-refractivity contribution in [1.29, 1.82) is 0 Å². The molecule has 1 aliphatic rings. The number of rotatable bonds is 4. The number of hydrogen-bond donors (Lipinski definition) is 1. The van der Waals surface area contributed by atoms with E-state index in [0.717, 1.165) is 46.4 Å². The Morgan fingerprint density at radius 3 is 2.96 bits per heavy atom. The van der Waals surface area contributed by atoms with Gasteiger partial charge in [0.1, 0.15) is 5.75 Å². The van der Waals surface area contributed by atoms with Gasteiger partial charge in [0.05, 0.1) is 17.7 Å². The van der Waals surface area contributed by atoms with Crippen LogP contribution in [0.3, 0.4) is 0 Å². The number of non-ortho nitro benzene ring substituents is 1. The lowest BCUT2D eigenvalue weighted by Gasteiger charge is -2.11. The van der Waals surface area contributed by atoms with Crippen LogP contribution in [0.25, 0.3) is 11.1 Å². The zero-order valence-corrected chi connectivity index (χ0v) is 12.9. The Morgan fingerprint density at radius 1 is 1.25 bits per heavy atom. The number of nitro groups is 1. The number of nitro benzene ring substituents is 1. The summed E-state index contributed by atoms with van der Waals surface area (Å²) < 4.78 is 5.79. The van der Waals surface area contributed by atoms with Crippen molar-refractivity contribution in [2.75, 3.05) is 6.61 Å². The predicted octanol–water partition coefficient (Wildman–Crippen LogP) is 3.51. The molecule has 120 valence electrons. The maximum absolute atomic E-state index is 11.1. The van der Waals surface area contributed by atoms with Crippen molar-refractivity contribution < 1.29 is 9.66 Å². The van der Waals surface area contributed by atoms with Crippen molar-refractivity contribution in [3.8, 4) is 16.9 Å². The van der Waals surface area contributed by atoms with Crippen LogP contribution in [-0.4, -0.2) is 21.7 Å². The van der Waals surface area contributed by atoms with Crippen molar-refractivity contribution in [1.82, 2.24) is 10.2 Å². The molecule has 24 heavy (non-hydrogen) atoms. The van der Waals surface area contributed by atoms with Gasteiger partial charge in [0.2, 0.25) is 0 Å². The molecule has 6 nitrogen and oxygen atoms in total. The fourth-order valence-corrected chi connectivity index (χ4v) is 3.09. The van der Waals surface area contributed by atoms with E-state index in [0.29, 0.717) is 6.61 Å². The average Bonchev–Trinajstić information content (AvgIpc) is 3.25. The van der Waals surface area contributed by atoms with Crippen molar-refractivity contribution in [3.05, 3.63) is 75.6 Å². The lowest BCUT2D eigenvalue weighted by Crippen LogP contribution is -1.93. The first-order chi connectivity index (χ1) is 11.7. The second kappa shape index (κ2) is 5.81. The standard InChI is InChI=1S/C18H15N3O3/c22-21(23)16-3-1-2-14(9-16)17-8-12(6-13-10-19-20-11-13)7-15-4-5-24-18(15)17/h1-3,7-11H,4-6H2,(H,19,20). The van der Waals surface area contributed by atoms with Gasteiger partial charge in [0.25, 0.3) is 5.69 Å². The Labute approximate surface area is 138 Å². The monoisotopic (exact) mass is 321 g/mol. The summed E-state index contributed by atoms with van der Waals surface area (Å²) in [7, 11) is 0. The summed E-state index contributed by atoms with van der Waals surface area (Å²) in [5, 5.41) is 17.9. The Balaban J connectivity index is 1.80. The number of H-pyrrole nitrogens is 1. The summed E-state index contributed by atoms with van der Waals surface area (Å²) in [6, 6.07) is 10.9. The summed E-state index contributed by atoms with van der Waals surface area (Å²) >= 11 is 0. The van der Waals surface area contributed by atoms with Gasteiger partial charge in [-0.2, -0.15) is 5.10 Å². The van der Waals surface area contributed by atoms with E-state index in [-0.39, 0.29) is 10.6 Å². The fraction of sp³-hybridized carbons (Fsp3) is 0.167. The molecular formula is C18H15N3O3. The molecule has 3 aromatic rings. The highest BCUT2D eigenvalue weighted by molar-refractivity contribution is 5.75. The largest absolute Gasteiger partial charge is 0.492 e. The van der Waals surface area contributed by atoms with Crippen molar-refractivity contribution >= 4 is 5.69 Å². The molecular weight excluding hydrogens is 306 g/mol. The van der Waals surface area contributed by atoms with Gasteiger partial charge in [-0.05, 0) is 28.3 Å². The highest BCUT2D eigenvalue weighted by atomic mass is 16.6. The van der Waals surface area contributed by atoms with Gasteiger partial charge >= 0.3 is 0 Å². The van der Waals surface area contributed by atoms with Crippen LogP contribution in [0, 0.1) is 10.1 Å². The number of aromatic nitrogens is 2. The van der Waals surface area contributed by atoms with Crippen LogP contribution in [0.5, 0.6) is 5.75 Å². The minimum atomic E-state index is -0.375. The van der Waals surface area contributed by atoms with Crippen LogP contribution in [0.4, 0.5) is 5.69 Å². The molecule has 4 rings (SSSR count). The van der Waals surface area contributed by atoms with E-state index in [1.807, 2.05) is 12.3 Å². The molecule has 0 aliphatic carbocycles. The van der Waals surface area contributed by atoms with Crippen molar-refractivity contribution in [2.45, 2.75) is 12.8 Å². The predicted molar refractivity (Wildman–Crippen MR) is 89.1 cm³/mol. The zero-order chi connectivity index (χ0) is 16.5. The van der Waals surface area contributed by atoms with Gasteiger partial charge in [-0.1, -0.05) is 18.2 Å². The number of nitrogens with one attached hydrogen (secondary N) is 1. The third-order valence-corrected chi connectivity index (χ3v) is 4.17. The molecule has 0 unspecified atom stereocenters. The van der Waals surface area contributed by atoms with Crippen LogP contribution >= 0.6 is 0 Å². The van der Waals surface area contributed by atoms with Crippen LogP contribution in [0.2, 0.25) is 0 Å². The van der Waals surface area contributed by atoms with E-state index in [2.05, 4.69) is 22.3 Å². The summed E-state index contributed by atoms with van der Waals surface area (Å²) in [5.74, 6) is 0.839. The van der Waals surface area contributed by atoms with Gasteiger partial charge in [0, 0.05) is 36.7 Å². The minimum Gasteiger partial charge on any atom is -0.492 e. The van der Waals surface area contributed by atoms with E-state index < -0.39 is 0 Å². The molecule has 0 spiro atoms. The summed E-state index contributed by atoms with van der Waals surface area (Å²) in [4.78, 5) is 10.7. The molecule has 1 aliphatic heterocycles. The zero-order valence-electron chi connectivity index (χ0n) is 12.9. The Hall–Kier alpha value is -3.15. The summed E-state index contributed by atoms with van der Waals surface area (Å²) in [6.07, 6.45) is 5.29. The van der Waals surface area contributed by atoms with Gasteiger partial charge in [-0.25, -0.2) is 0 Å². The normalized spacial score (nSPS) is 12.7. The number of hydrogen-bond acceptors (Lipinski definition) is 4. The molecule has 1 N–H and O–H groups in total. The first-order valence-electron chi connectivity index (χ1n) is 7.72. The lowest BCUT2D eigenvalue weighted by molar-refractivity contribution is -0.384. The summed E-state index contributed by atoms with van der Waals surface area (Å²) in [6.45, 7) is 0.645. The molecule has 0 atom stereocenters. The van der Waals surface area contributed by atoms with Crippen molar-refractivity contribution in [3.63, 3.8) is 0 Å². The SMILES string of the molecule is O=[N+]([O-])c1cccc(-c2cc(Cc3cn[nH]c3)cc3c2OCC3)c1. The van der Waals surface area contributed by atoms with Gasteiger partial charge in [0.15, 0.2) is 0 Å². The highest BCUT2D eigenvalue weighted by Gasteiger charge is 2.20. The van der Waals surface area contributed by atoms with Gasteiger partial charge < -0.3 is 4.74 Å². The van der Waals surface area contributed by atoms with Crippen LogP contribution in [0.15, 0.2) is 48.8 Å². The molecule has 2 aromatic carbocycles. The van der Waals surface area contributed by atoms with Gasteiger partial charge in [-0.15, -0.1) is 0 Å². The minimum absolute atomic E-state index is 0.0829. The maximum atomic E-state index is 11.1. The molecule has 0 fully saturated rings. The van der Waals surface area contributed by atoms with E-state index >= 15 is 0 Å². The number of fused-ring (bicyclic) bond motifs is 1. The number of benzene rings is 2. The second-order valence-corrected chi connectivity index (χ2v) is 5.82. The molecule has 0 radical (unpaired) electrons. The highest BCUT2D eigenvalue weighted by Crippen LogP contribution is 2.39. The number of nitrogens with zero attached hydrogens (tertiary/aromatic N) is 2. The van der Waals surface area contributed by atoms with E-state index in [4.69, 9.17) is 4.74 Å². The van der Waals surface area contributed by atoms with E-state index in [1.165, 1.54) is 6.07 Å². The van der Waals surface area contributed by atoms with Crippen LogP contribution in [-0.2, 0) is 12.8 Å². The first kappa shape index (κ1) is 14.4. The third kappa shape index (κ3) is 2.62. The Kier molecular flexibility index (Phi) is 3.49. The fourth-order valence-electron chi connectivity index (χ4n) is 3.09. The topological polar surface area (TPSA) is 81.0 Å². The Bertz CT molecular complexity index is 904. The maximum Gasteiger partial charge on any atom is 0.270 e. The lowest BCUT2D eigenvalue weighted by atomic mass is 9.95. The van der Waals surface area contributed by atoms with Crippen LogP contribution < -0.4 is 4.74 Å². The smallest absolute Gasteiger partial charge is 0.270 e. The molecule has 1 aromatic heterocycles. The molecule has 2 heterocycles. The Morgan fingerprint density at radius 2 is 2.17 bits per heavy atom. The molecule has 6 heteroatoms.